The van der Waals surface area contributed by atoms with E-state index in [1.165, 1.54) is 4.24 Å². The summed E-state index contributed by atoms with van der Waals surface area (Å²) in [5.41, 5.74) is 0. The predicted molar refractivity (Wildman–Crippen MR) is 45.9 cm³/mol. The van der Waals surface area contributed by atoms with Crippen molar-refractivity contribution in [1.82, 2.24) is 0 Å². The average molecular weight is 162 g/mol. The Morgan fingerprint density at radius 3 is 2.75 bits per heavy atom. The molecule has 0 radical (unpaired) electrons. The van der Waals surface area contributed by atoms with Gasteiger partial charge in [0.05, 0.1) is 4.24 Å². The smallest absolute Gasteiger partial charge is 0.0508 e. The van der Waals surface area contributed by atoms with Crippen molar-refractivity contribution in [3.8, 4) is 0 Å². The molecule has 0 fully saturated rings. The molecule has 0 aromatic carbocycles. The summed E-state index contributed by atoms with van der Waals surface area (Å²) >= 11 is 5.33. The first-order valence-electron chi connectivity index (χ1n) is 2.15. The van der Waals surface area contributed by atoms with Crippen molar-refractivity contribution < 1.29 is 0 Å². The van der Waals surface area contributed by atoms with Crippen molar-refractivity contribution in [3.63, 3.8) is 0 Å². The van der Waals surface area contributed by atoms with Crippen molar-refractivity contribution in [1.29, 1.82) is 0 Å². The van der Waals surface area contributed by atoms with Gasteiger partial charge in [0, 0.05) is 0 Å². The van der Waals surface area contributed by atoms with Crippen LogP contribution in [-0.2, 0) is 0 Å². The van der Waals surface area contributed by atoms with Crippen molar-refractivity contribution in [2.45, 2.75) is 0 Å². The molecule has 8 heavy (non-hydrogen) atoms. The van der Waals surface area contributed by atoms with E-state index in [1.807, 2.05) is 0 Å². The molecule has 0 amide bonds. The monoisotopic (exact) mass is 162 g/mol. The van der Waals surface area contributed by atoms with Crippen LogP contribution >= 0.6 is 35.3 Å². The van der Waals surface area contributed by atoms with E-state index in [2.05, 4.69) is 22.5 Å². The number of hydrogen-bond donors (Lipinski definition) is 0. The fourth-order valence-electron chi connectivity index (χ4n) is 0.346. The normalized spacial score (nSPS) is 18.4. The Morgan fingerprint density at radius 2 is 2.38 bits per heavy atom. The molecule has 0 saturated carbocycles. The van der Waals surface area contributed by atoms with E-state index in [4.69, 9.17) is 0 Å². The molecule has 0 spiro atoms. The first-order chi connectivity index (χ1) is 3.93. The zero-order valence-corrected chi connectivity index (χ0v) is 6.91. The molecule has 0 nitrogen and oxygen atoms in total. The third kappa shape index (κ3) is 1.80. The number of thioether (sulfide) groups is 3. The molecule has 44 valence electrons. The van der Waals surface area contributed by atoms with Gasteiger partial charge in [-0.05, 0) is 22.5 Å². The highest BCUT2D eigenvalue weighted by Crippen LogP contribution is 2.34. The van der Waals surface area contributed by atoms with E-state index in [0.717, 1.165) is 0 Å². The summed E-state index contributed by atoms with van der Waals surface area (Å²) in [5.74, 6) is 0. The Kier molecular flexibility index (Phi) is 2.94. The Labute approximate surface area is 62.2 Å². The second-order valence-electron chi connectivity index (χ2n) is 1.17. The lowest BCUT2D eigenvalue weighted by atomic mass is 11.2. The minimum absolute atomic E-state index is 1.39. The van der Waals surface area contributed by atoms with Gasteiger partial charge in [0.2, 0.25) is 0 Å². The van der Waals surface area contributed by atoms with Gasteiger partial charge in [-0.2, -0.15) is 0 Å². The minimum Gasteiger partial charge on any atom is -0.122 e. The lowest BCUT2D eigenvalue weighted by Crippen LogP contribution is -1.65. The van der Waals surface area contributed by atoms with Crippen LogP contribution in [0.25, 0.3) is 0 Å². The molecule has 1 heterocycles. The van der Waals surface area contributed by atoms with Crippen LogP contribution in [0.4, 0.5) is 0 Å². The molecule has 1 aliphatic heterocycles. The standard InChI is InChI=1S/C5H6S3/c1-6-5-4-7-2-3-8-5/h2-4H,1H3. The second kappa shape index (κ2) is 3.54. The summed E-state index contributed by atoms with van der Waals surface area (Å²) in [7, 11) is 0. The second-order valence-corrected chi connectivity index (χ2v) is 4.00. The van der Waals surface area contributed by atoms with Gasteiger partial charge < -0.3 is 0 Å². The van der Waals surface area contributed by atoms with E-state index in [0.29, 0.717) is 0 Å². The van der Waals surface area contributed by atoms with Crippen LogP contribution in [-0.4, -0.2) is 6.26 Å². The Morgan fingerprint density at radius 1 is 1.50 bits per heavy atom. The van der Waals surface area contributed by atoms with Crippen LogP contribution < -0.4 is 0 Å². The summed E-state index contributed by atoms with van der Waals surface area (Å²) in [6, 6.07) is 0. The maximum absolute atomic E-state index is 2.16. The van der Waals surface area contributed by atoms with Gasteiger partial charge in [-0.25, -0.2) is 0 Å². The minimum atomic E-state index is 1.39. The van der Waals surface area contributed by atoms with E-state index < -0.39 is 0 Å². The molecular formula is C5H6S3. The number of hydrogen-bond acceptors (Lipinski definition) is 3. The topological polar surface area (TPSA) is 0 Å². The van der Waals surface area contributed by atoms with Gasteiger partial charge in [0.25, 0.3) is 0 Å². The van der Waals surface area contributed by atoms with Gasteiger partial charge in [0.1, 0.15) is 0 Å². The predicted octanol–water partition coefficient (Wildman–Crippen LogP) is 3.10. The fourth-order valence-corrected chi connectivity index (χ4v) is 2.64. The molecule has 0 atom stereocenters. The largest absolute Gasteiger partial charge is 0.122 e. The first-order valence-corrected chi connectivity index (χ1v) is 5.19. The molecule has 0 N–H and O–H groups in total. The van der Waals surface area contributed by atoms with E-state index >= 15 is 0 Å². The number of rotatable bonds is 1. The molecule has 0 unspecified atom stereocenters. The third-order valence-electron chi connectivity index (χ3n) is 0.684. The molecule has 0 aromatic heterocycles. The highest BCUT2D eigenvalue weighted by atomic mass is 32.2. The van der Waals surface area contributed by atoms with Gasteiger partial charge >= 0.3 is 0 Å². The maximum atomic E-state index is 2.16. The average Bonchev–Trinajstić information content (AvgIpc) is 1.90. The van der Waals surface area contributed by atoms with E-state index in [-0.39, 0.29) is 0 Å². The summed E-state index contributed by atoms with van der Waals surface area (Å²) in [4.78, 5) is 0. The van der Waals surface area contributed by atoms with Crippen molar-refractivity contribution in [2.24, 2.45) is 0 Å². The Bertz CT molecular complexity index is 126. The van der Waals surface area contributed by atoms with Crippen LogP contribution in [0.15, 0.2) is 20.5 Å². The van der Waals surface area contributed by atoms with Crippen LogP contribution in [0.3, 0.4) is 0 Å². The Balaban J connectivity index is 2.43. The van der Waals surface area contributed by atoms with Crippen LogP contribution in [0.5, 0.6) is 0 Å². The molecule has 0 saturated heterocycles. The lowest BCUT2D eigenvalue weighted by molar-refractivity contribution is 2.31. The maximum Gasteiger partial charge on any atom is 0.0508 e. The zero-order valence-electron chi connectivity index (χ0n) is 4.46. The lowest BCUT2D eigenvalue weighted by Gasteiger charge is -2.00. The highest BCUT2D eigenvalue weighted by Gasteiger charge is 1.94. The molecule has 0 aromatic rings. The highest BCUT2D eigenvalue weighted by molar-refractivity contribution is 8.25. The van der Waals surface area contributed by atoms with E-state index in [1.54, 1.807) is 35.3 Å². The van der Waals surface area contributed by atoms with Crippen LogP contribution in [0.1, 0.15) is 0 Å². The van der Waals surface area contributed by atoms with Crippen LogP contribution in [0.2, 0.25) is 0 Å². The van der Waals surface area contributed by atoms with Crippen molar-refractivity contribution >= 4 is 35.3 Å². The summed E-state index contributed by atoms with van der Waals surface area (Å²) in [6.45, 7) is 0. The molecular weight excluding hydrogens is 156 g/mol. The molecule has 3 heteroatoms. The Hall–Kier alpha value is 0.530. The summed E-state index contributed by atoms with van der Waals surface area (Å²) in [5, 5.41) is 6.36. The van der Waals surface area contributed by atoms with Gasteiger partial charge in [-0.1, -0.05) is 11.8 Å². The molecule has 0 bridgehead atoms. The van der Waals surface area contributed by atoms with Gasteiger partial charge in [0.15, 0.2) is 0 Å². The summed E-state index contributed by atoms with van der Waals surface area (Å²) < 4.78 is 1.39. The van der Waals surface area contributed by atoms with E-state index in [9.17, 15) is 0 Å². The SMILES string of the molecule is CSC1=CSC=CS1. The van der Waals surface area contributed by atoms with Gasteiger partial charge in [-0.15, -0.1) is 23.5 Å². The molecule has 0 aliphatic carbocycles. The third-order valence-corrected chi connectivity index (χ3v) is 3.75. The molecule has 1 aliphatic rings. The zero-order chi connectivity index (χ0) is 5.82. The van der Waals surface area contributed by atoms with Crippen LogP contribution in [0, 0.1) is 0 Å². The van der Waals surface area contributed by atoms with Crippen molar-refractivity contribution in [3.05, 3.63) is 20.5 Å². The molecule has 1 rings (SSSR count). The first kappa shape index (κ1) is 6.65. The van der Waals surface area contributed by atoms with Gasteiger partial charge in [-0.3, -0.25) is 0 Å². The quantitative estimate of drug-likeness (QED) is 0.581. The summed E-state index contributed by atoms with van der Waals surface area (Å²) in [6.07, 6.45) is 2.10. The van der Waals surface area contributed by atoms with Crippen molar-refractivity contribution in [2.75, 3.05) is 6.26 Å². The fraction of sp³-hybridized carbons (Fsp3) is 0.200.